The first-order valence-corrected chi connectivity index (χ1v) is 8.47. The Balaban J connectivity index is 1.93. The summed E-state index contributed by atoms with van der Waals surface area (Å²) in [6.07, 6.45) is 7.71. The van der Waals surface area contributed by atoms with Crippen molar-refractivity contribution in [1.82, 2.24) is 19.6 Å². The fourth-order valence-electron chi connectivity index (χ4n) is 3.27. The number of nitrogens with one attached hydrogen (secondary N) is 1. The van der Waals surface area contributed by atoms with E-state index in [1.54, 1.807) is 0 Å². The molecule has 0 atom stereocenters. The summed E-state index contributed by atoms with van der Waals surface area (Å²) in [6.45, 7) is 0. The smallest absolute Gasteiger partial charge is 0.0897 e. The third-order valence-corrected chi connectivity index (χ3v) is 4.63. The highest BCUT2D eigenvalue weighted by molar-refractivity contribution is 5.96. The normalized spacial score (nSPS) is 12.6. The fourth-order valence-corrected chi connectivity index (χ4v) is 3.27. The van der Waals surface area contributed by atoms with Crippen molar-refractivity contribution in [3.63, 3.8) is 0 Å². The topological polar surface area (TPSA) is 125 Å². The number of hydrogen-bond acceptors (Lipinski definition) is 5. The minimum absolute atomic E-state index is 0.425. The van der Waals surface area contributed by atoms with Crippen molar-refractivity contribution in [1.29, 1.82) is 0 Å². The molecule has 3 aromatic heterocycles. The number of hydrogen-bond donors (Lipinski definition) is 4. The van der Waals surface area contributed by atoms with Crippen LogP contribution in [0.15, 0.2) is 36.4 Å². The van der Waals surface area contributed by atoms with Crippen molar-refractivity contribution in [2.75, 3.05) is 17.3 Å². The van der Waals surface area contributed by atoms with Crippen LogP contribution in [0.2, 0.25) is 0 Å². The highest BCUT2D eigenvalue weighted by Gasteiger charge is 2.11. The van der Waals surface area contributed by atoms with Gasteiger partial charge in [0.1, 0.15) is 0 Å². The van der Waals surface area contributed by atoms with Crippen LogP contribution in [0.5, 0.6) is 0 Å². The van der Waals surface area contributed by atoms with Crippen LogP contribution in [-0.2, 0) is 0 Å². The molecule has 0 aromatic carbocycles. The molecule has 0 saturated carbocycles. The Kier molecular flexibility index (Phi) is 3.11. The number of fused-ring (bicyclic) bond motifs is 8. The molecular weight excluding hydrogens is 338 g/mol. The molecule has 8 bridgehead atoms. The number of aromatic amines is 1. The molecule has 3 aromatic rings. The van der Waals surface area contributed by atoms with Crippen LogP contribution in [0.3, 0.4) is 0 Å². The molecule has 7 nitrogen and oxygen atoms in total. The Morgan fingerprint density at radius 2 is 1.07 bits per heavy atom. The Bertz CT molecular complexity index is 1210. The van der Waals surface area contributed by atoms with E-state index in [0.717, 1.165) is 33.8 Å². The van der Waals surface area contributed by atoms with E-state index in [2.05, 4.69) is 15.0 Å². The van der Waals surface area contributed by atoms with Crippen molar-refractivity contribution >= 4 is 57.7 Å². The zero-order valence-corrected chi connectivity index (χ0v) is 14.3. The van der Waals surface area contributed by atoms with E-state index in [0.29, 0.717) is 22.4 Å². The van der Waals surface area contributed by atoms with Gasteiger partial charge in [0, 0.05) is 11.0 Å². The van der Waals surface area contributed by atoms with E-state index in [4.69, 9.17) is 17.3 Å². The van der Waals surface area contributed by atoms with Crippen LogP contribution < -0.4 is 17.3 Å². The van der Waals surface area contributed by atoms with Crippen LogP contribution in [0.1, 0.15) is 22.8 Å². The molecule has 132 valence electrons. The number of aromatic nitrogens is 4. The Morgan fingerprint density at radius 1 is 0.667 bits per heavy atom. The summed E-state index contributed by atoms with van der Waals surface area (Å²) in [5, 5.41) is 0. The Labute approximate surface area is 154 Å². The van der Waals surface area contributed by atoms with Crippen molar-refractivity contribution in [3.05, 3.63) is 59.2 Å². The van der Waals surface area contributed by atoms with Gasteiger partial charge < -0.3 is 22.3 Å². The van der Waals surface area contributed by atoms with Gasteiger partial charge in [-0.3, -0.25) is 4.68 Å². The maximum atomic E-state index is 6.27. The van der Waals surface area contributed by atoms with Gasteiger partial charge in [0.2, 0.25) is 0 Å². The minimum atomic E-state index is 0.425. The van der Waals surface area contributed by atoms with Crippen LogP contribution in [0, 0.1) is 0 Å². The van der Waals surface area contributed by atoms with Crippen LogP contribution in [-0.4, -0.2) is 19.6 Å². The number of nitrogen functional groups attached to an aromatic ring is 3. The minimum Gasteiger partial charge on any atom is -0.395 e. The number of nitrogens with zero attached hydrogens (tertiary/aromatic N) is 3. The standard InChI is InChI=1S/C20H17N7/c21-19-17-9-15-5-3-13(25-15)7-11-1-2-12(24-11)8-14-4-6-16(26-14)10-18(20(19)22)27(17)23/h1-10,24H,21-23H2. The Hall–Kier alpha value is -4.00. The maximum absolute atomic E-state index is 6.27. The third-order valence-electron chi connectivity index (χ3n) is 4.63. The molecule has 0 spiro atoms. The lowest BCUT2D eigenvalue weighted by molar-refractivity contribution is 1.11. The molecule has 7 heteroatoms. The van der Waals surface area contributed by atoms with Crippen LogP contribution >= 0.6 is 0 Å². The van der Waals surface area contributed by atoms with E-state index >= 15 is 0 Å². The molecule has 2 aliphatic rings. The molecule has 0 unspecified atom stereocenters. The van der Waals surface area contributed by atoms with Crippen molar-refractivity contribution < 1.29 is 0 Å². The summed E-state index contributed by atoms with van der Waals surface area (Å²) in [4.78, 5) is 12.5. The lowest BCUT2D eigenvalue weighted by atomic mass is 10.3. The first-order valence-electron chi connectivity index (χ1n) is 8.47. The first-order chi connectivity index (χ1) is 13.1. The second-order valence-corrected chi connectivity index (χ2v) is 6.50. The number of nitrogens with two attached hydrogens (primary N) is 3. The molecule has 0 amide bonds. The second-order valence-electron chi connectivity index (χ2n) is 6.50. The van der Waals surface area contributed by atoms with Gasteiger partial charge in [-0.1, -0.05) is 0 Å². The number of H-pyrrole nitrogens is 1. The fraction of sp³-hybridized carbons (Fsp3) is 0. The summed E-state index contributed by atoms with van der Waals surface area (Å²) in [5.41, 5.74) is 19.6. The quantitative estimate of drug-likeness (QED) is 0.318. The van der Waals surface area contributed by atoms with Gasteiger partial charge >= 0.3 is 0 Å². The number of rotatable bonds is 0. The third kappa shape index (κ3) is 2.53. The molecule has 2 aliphatic heterocycles. The molecule has 0 saturated heterocycles. The Morgan fingerprint density at radius 3 is 1.52 bits per heavy atom. The number of anilines is 2. The van der Waals surface area contributed by atoms with Crippen LogP contribution in [0.25, 0.3) is 46.4 Å². The zero-order valence-electron chi connectivity index (χ0n) is 14.3. The highest BCUT2D eigenvalue weighted by Crippen LogP contribution is 2.29. The van der Waals surface area contributed by atoms with E-state index < -0.39 is 0 Å². The van der Waals surface area contributed by atoms with Gasteiger partial charge in [0.25, 0.3) is 0 Å². The SMILES string of the molecule is Nc1c(N)c2cc3nc(cc4ccc(cc5nc(cc1n2N)C=C5)[nH]4)C=C3. The van der Waals surface area contributed by atoms with Crippen LogP contribution in [0.4, 0.5) is 11.4 Å². The predicted octanol–water partition coefficient (Wildman–Crippen LogP) is 3.01. The van der Waals surface area contributed by atoms with Gasteiger partial charge in [-0.15, -0.1) is 0 Å². The first kappa shape index (κ1) is 15.3. The van der Waals surface area contributed by atoms with E-state index in [1.165, 1.54) is 4.68 Å². The molecule has 27 heavy (non-hydrogen) atoms. The molecule has 0 fully saturated rings. The van der Waals surface area contributed by atoms with Gasteiger partial charge in [-0.05, 0) is 60.7 Å². The van der Waals surface area contributed by atoms with Crippen molar-refractivity contribution in [2.45, 2.75) is 0 Å². The summed E-state index contributed by atoms with van der Waals surface area (Å²) < 4.78 is 1.48. The van der Waals surface area contributed by atoms with Gasteiger partial charge in [-0.25, -0.2) is 9.97 Å². The lowest BCUT2D eigenvalue weighted by Gasteiger charge is -1.96. The summed E-state index contributed by atoms with van der Waals surface area (Å²) in [6, 6.07) is 11.6. The summed E-state index contributed by atoms with van der Waals surface area (Å²) >= 11 is 0. The molecule has 5 heterocycles. The molecule has 5 rings (SSSR count). The summed E-state index contributed by atoms with van der Waals surface area (Å²) in [5.74, 6) is 6.27. The largest absolute Gasteiger partial charge is 0.395 e. The zero-order chi connectivity index (χ0) is 18.5. The van der Waals surface area contributed by atoms with Gasteiger partial charge in [-0.2, -0.15) is 0 Å². The van der Waals surface area contributed by atoms with Gasteiger partial charge in [0.05, 0.1) is 45.2 Å². The molecule has 0 radical (unpaired) electrons. The van der Waals surface area contributed by atoms with Crippen molar-refractivity contribution in [3.8, 4) is 0 Å². The van der Waals surface area contributed by atoms with E-state index in [9.17, 15) is 0 Å². The van der Waals surface area contributed by atoms with E-state index in [-0.39, 0.29) is 0 Å². The molecule has 7 N–H and O–H groups in total. The maximum Gasteiger partial charge on any atom is 0.0897 e. The lowest BCUT2D eigenvalue weighted by Crippen LogP contribution is -2.07. The monoisotopic (exact) mass is 355 g/mol. The van der Waals surface area contributed by atoms with Gasteiger partial charge in [0.15, 0.2) is 0 Å². The van der Waals surface area contributed by atoms with E-state index in [1.807, 2.05) is 60.7 Å². The average Bonchev–Trinajstić information content (AvgIpc) is 3.40. The van der Waals surface area contributed by atoms with Crippen molar-refractivity contribution in [2.24, 2.45) is 0 Å². The average molecular weight is 355 g/mol. The predicted molar refractivity (Wildman–Crippen MR) is 111 cm³/mol. The molecule has 0 aliphatic carbocycles. The highest BCUT2D eigenvalue weighted by atomic mass is 15.3. The molecular formula is C20H17N7. The summed E-state index contributed by atoms with van der Waals surface area (Å²) in [7, 11) is 0. The second kappa shape index (κ2) is 5.50.